The Bertz CT molecular complexity index is 348. The molecule has 0 atom stereocenters. The average Bonchev–Trinajstić information content (AvgIpc) is 2.15. The lowest BCUT2D eigenvalue weighted by molar-refractivity contribution is -0.151. The van der Waals surface area contributed by atoms with E-state index in [1.807, 2.05) is 6.92 Å². The maximum absolute atomic E-state index is 11.6. The van der Waals surface area contributed by atoms with Gasteiger partial charge in [0, 0.05) is 5.57 Å². The number of hydrogen-bond donors (Lipinski definition) is 0. The van der Waals surface area contributed by atoms with Gasteiger partial charge in [0.15, 0.2) is 0 Å². The van der Waals surface area contributed by atoms with E-state index >= 15 is 0 Å². The van der Waals surface area contributed by atoms with Crippen LogP contribution in [0.2, 0.25) is 0 Å². The Hall–Kier alpha value is -0.880. The highest BCUT2D eigenvalue weighted by Crippen LogP contribution is 2.07. The van der Waals surface area contributed by atoms with Gasteiger partial charge < -0.3 is 0 Å². The molecule has 0 fully saturated rings. The molecule has 0 saturated heterocycles. The first-order valence-electron chi connectivity index (χ1n) is 5.23. The number of hydrogen-bond acceptors (Lipinski definition) is 4. The van der Waals surface area contributed by atoms with Crippen LogP contribution in [-0.4, -0.2) is 31.7 Å². The third-order valence-corrected chi connectivity index (χ3v) is 2.99. The minimum atomic E-state index is -3.67. The van der Waals surface area contributed by atoms with Crippen LogP contribution in [0.5, 0.6) is 0 Å². The van der Waals surface area contributed by atoms with Crippen molar-refractivity contribution in [1.29, 1.82) is 0 Å². The molecule has 0 aromatic heterocycles. The van der Waals surface area contributed by atoms with Crippen molar-refractivity contribution in [3.05, 3.63) is 12.2 Å². The molecule has 0 rings (SSSR count). The molecule has 5 nitrogen and oxygen atoms in total. The molecule has 0 N–H and O–H groups in total. The predicted molar refractivity (Wildman–Crippen MR) is 62.0 cm³/mol. The van der Waals surface area contributed by atoms with Gasteiger partial charge in [0.05, 0.1) is 12.3 Å². The van der Waals surface area contributed by atoms with Gasteiger partial charge in [-0.15, -0.1) is 4.28 Å². The molecule has 0 aromatic carbocycles. The standard InChI is InChI=1S/C10H19NO4S/c1-5-7-11(10(12)9(3)4)15-16(13,14)8-6-2/h3,5-8H2,1-2,4H3. The van der Waals surface area contributed by atoms with E-state index < -0.39 is 16.0 Å². The summed E-state index contributed by atoms with van der Waals surface area (Å²) in [5.41, 5.74) is 0.250. The topological polar surface area (TPSA) is 63.7 Å². The Balaban J connectivity index is 4.69. The molecule has 94 valence electrons. The molecule has 0 saturated carbocycles. The van der Waals surface area contributed by atoms with E-state index in [1.54, 1.807) is 6.92 Å². The fraction of sp³-hybridized carbons (Fsp3) is 0.700. The Kier molecular flexibility index (Phi) is 6.28. The number of rotatable bonds is 7. The Morgan fingerprint density at radius 2 is 1.88 bits per heavy atom. The van der Waals surface area contributed by atoms with E-state index in [0.29, 0.717) is 12.8 Å². The fourth-order valence-electron chi connectivity index (χ4n) is 1.01. The fourth-order valence-corrected chi connectivity index (χ4v) is 2.00. The first-order chi connectivity index (χ1) is 7.34. The summed E-state index contributed by atoms with van der Waals surface area (Å²) in [5.74, 6) is -0.599. The van der Waals surface area contributed by atoms with E-state index in [4.69, 9.17) is 4.28 Å². The second-order valence-corrected chi connectivity index (χ2v) is 5.20. The van der Waals surface area contributed by atoms with E-state index in [0.717, 1.165) is 5.06 Å². The molecule has 0 aliphatic carbocycles. The van der Waals surface area contributed by atoms with Crippen molar-refractivity contribution in [2.24, 2.45) is 0 Å². The highest BCUT2D eigenvalue weighted by atomic mass is 32.2. The highest BCUT2D eigenvalue weighted by molar-refractivity contribution is 7.86. The smallest absolute Gasteiger partial charge is 0.267 e. The first-order valence-corrected chi connectivity index (χ1v) is 6.81. The number of amides is 1. The van der Waals surface area contributed by atoms with Gasteiger partial charge in [-0.25, -0.2) is 0 Å². The summed E-state index contributed by atoms with van der Waals surface area (Å²) in [7, 11) is -3.67. The molecule has 0 heterocycles. The predicted octanol–water partition coefficient (Wildman–Crippen LogP) is 1.47. The molecule has 1 amide bonds. The van der Waals surface area contributed by atoms with E-state index in [-0.39, 0.29) is 17.9 Å². The summed E-state index contributed by atoms with van der Waals surface area (Å²) in [4.78, 5) is 11.6. The zero-order valence-electron chi connectivity index (χ0n) is 10.0. The van der Waals surface area contributed by atoms with Gasteiger partial charge in [-0.3, -0.25) is 4.79 Å². The monoisotopic (exact) mass is 249 g/mol. The van der Waals surface area contributed by atoms with Crippen LogP contribution in [-0.2, 0) is 19.2 Å². The zero-order chi connectivity index (χ0) is 12.8. The summed E-state index contributed by atoms with van der Waals surface area (Å²) in [5, 5.41) is 0.854. The SMILES string of the molecule is C=C(C)C(=O)N(CCC)OS(=O)(=O)CCC. The maximum atomic E-state index is 11.6. The Labute approximate surface area is 97.2 Å². The largest absolute Gasteiger partial charge is 0.288 e. The second-order valence-electron chi connectivity index (χ2n) is 3.52. The Morgan fingerprint density at radius 3 is 2.25 bits per heavy atom. The van der Waals surface area contributed by atoms with Gasteiger partial charge in [0.1, 0.15) is 0 Å². The minimum Gasteiger partial charge on any atom is -0.267 e. The lowest BCUT2D eigenvalue weighted by atomic mass is 10.3. The first kappa shape index (κ1) is 15.1. The summed E-state index contributed by atoms with van der Waals surface area (Å²) >= 11 is 0. The molecule has 0 aliphatic heterocycles. The second kappa shape index (κ2) is 6.65. The van der Waals surface area contributed by atoms with Crippen LogP contribution in [0, 0.1) is 0 Å². The van der Waals surface area contributed by atoms with Gasteiger partial charge in [-0.05, 0) is 19.8 Å². The summed E-state index contributed by atoms with van der Waals surface area (Å²) in [6, 6.07) is 0. The van der Waals surface area contributed by atoms with Crippen molar-refractivity contribution in [1.82, 2.24) is 5.06 Å². The molecular weight excluding hydrogens is 230 g/mol. The lowest BCUT2D eigenvalue weighted by Gasteiger charge is -2.20. The summed E-state index contributed by atoms with van der Waals surface area (Å²) in [6.45, 7) is 8.77. The number of nitrogens with zero attached hydrogens (tertiary/aromatic N) is 1. The number of carbonyl (C=O) groups excluding carboxylic acids is 1. The molecule has 16 heavy (non-hydrogen) atoms. The van der Waals surface area contributed by atoms with E-state index in [1.165, 1.54) is 6.92 Å². The van der Waals surface area contributed by atoms with E-state index in [2.05, 4.69) is 6.58 Å². The van der Waals surface area contributed by atoms with Crippen LogP contribution in [0.25, 0.3) is 0 Å². The van der Waals surface area contributed by atoms with Gasteiger partial charge in [0.25, 0.3) is 16.0 Å². The van der Waals surface area contributed by atoms with Crippen molar-refractivity contribution in [3.63, 3.8) is 0 Å². The van der Waals surface area contributed by atoms with Crippen LogP contribution in [0.15, 0.2) is 12.2 Å². The number of hydroxylamine groups is 2. The van der Waals surface area contributed by atoms with Crippen molar-refractivity contribution < 1.29 is 17.5 Å². The molecule has 0 spiro atoms. The number of carbonyl (C=O) groups is 1. The van der Waals surface area contributed by atoms with Crippen molar-refractivity contribution in [2.75, 3.05) is 12.3 Å². The van der Waals surface area contributed by atoms with Gasteiger partial charge in [-0.1, -0.05) is 20.4 Å². The van der Waals surface area contributed by atoms with Gasteiger partial charge in [0.2, 0.25) is 0 Å². The average molecular weight is 249 g/mol. The van der Waals surface area contributed by atoms with E-state index in [9.17, 15) is 13.2 Å². The van der Waals surface area contributed by atoms with Gasteiger partial charge in [-0.2, -0.15) is 13.5 Å². The normalized spacial score (nSPS) is 11.2. The molecule has 0 aliphatic rings. The van der Waals surface area contributed by atoms with Crippen LogP contribution in [0.4, 0.5) is 0 Å². The van der Waals surface area contributed by atoms with Crippen molar-refractivity contribution >= 4 is 16.0 Å². The minimum absolute atomic E-state index is 0.101. The summed E-state index contributed by atoms with van der Waals surface area (Å²) in [6.07, 6.45) is 1.06. The highest BCUT2D eigenvalue weighted by Gasteiger charge is 2.21. The lowest BCUT2D eigenvalue weighted by Crippen LogP contribution is -2.35. The zero-order valence-corrected chi connectivity index (χ0v) is 10.8. The van der Waals surface area contributed by atoms with Crippen molar-refractivity contribution in [3.8, 4) is 0 Å². The van der Waals surface area contributed by atoms with Crippen LogP contribution >= 0.6 is 0 Å². The third-order valence-electron chi connectivity index (χ3n) is 1.68. The quantitative estimate of drug-likeness (QED) is 0.506. The van der Waals surface area contributed by atoms with Crippen LogP contribution < -0.4 is 0 Å². The van der Waals surface area contributed by atoms with Crippen LogP contribution in [0.1, 0.15) is 33.6 Å². The molecule has 0 radical (unpaired) electrons. The molecule has 0 unspecified atom stereocenters. The Morgan fingerprint density at radius 1 is 1.31 bits per heavy atom. The van der Waals surface area contributed by atoms with Gasteiger partial charge >= 0.3 is 0 Å². The van der Waals surface area contributed by atoms with Crippen molar-refractivity contribution in [2.45, 2.75) is 33.6 Å². The molecule has 0 bridgehead atoms. The third kappa shape index (κ3) is 5.27. The summed E-state index contributed by atoms with van der Waals surface area (Å²) < 4.78 is 27.5. The molecule has 0 aromatic rings. The molecular formula is C10H19NO4S. The van der Waals surface area contributed by atoms with Crippen LogP contribution in [0.3, 0.4) is 0 Å². The maximum Gasteiger partial charge on any atom is 0.288 e. The molecule has 6 heteroatoms.